The van der Waals surface area contributed by atoms with E-state index in [9.17, 15) is 19.4 Å². The van der Waals surface area contributed by atoms with E-state index in [-0.39, 0.29) is 19.1 Å². The van der Waals surface area contributed by atoms with E-state index in [0.717, 1.165) is 70.6 Å². The Balaban J connectivity index is 3.92. The molecule has 3 atom stereocenters. The van der Waals surface area contributed by atoms with Crippen molar-refractivity contribution >= 4 is 13.7 Å². The number of allylic oxidation sites excluding steroid dienone is 10. The summed E-state index contributed by atoms with van der Waals surface area (Å²) < 4.78 is 23.1. The van der Waals surface area contributed by atoms with E-state index < -0.39 is 20.0 Å². The number of carbonyl (C=O) groups is 1. The summed E-state index contributed by atoms with van der Waals surface area (Å²) >= 11 is 0. The van der Waals surface area contributed by atoms with Gasteiger partial charge in [0, 0.05) is 6.42 Å². The molecule has 0 aromatic carbocycles. The van der Waals surface area contributed by atoms with E-state index in [0.29, 0.717) is 23.9 Å². The number of nitrogens with one attached hydrogen (secondary N) is 1. The van der Waals surface area contributed by atoms with Gasteiger partial charge in [-0.15, -0.1) is 0 Å². The molecule has 0 aromatic heterocycles. The Kier molecular flexibility index (Phi) is 40.3. The van der Waals surface area contributed by atoms with Crippen molar-refractivity contribution in [2.24, 2.45) is 0 Å². The molecule has 59 heavy (non-hydrogen) atoms. The maximum atomic E-state index is 12.8. The fourth-order valence-corrected chi connectivity index (χ4v) is 7.44. The van der Waals surface area contributed by atoms with Gasteiger partial charge in [0.25, 0.3) is 7.82 Å². The van der Waals surface area contributed by atoms with Crippen LogP contribution in [0.25, 0.3) is 0 Å². The van der Waals surface area contributed by atoms with Gasteiger partial charge in [-0.25, -0.2) is 0 Å². The van der Waals surface area contributed by atoms with Crippen molar-refractivity contribution in [3.63, 3.8) is 0 Å². The molecule has 0 rings (SSSR count). The largest absolute Gasteiger partial charge is 0.756 e. The topological polar surface area (TPSA) is 108 Å². The number of phosphoric acid groups is 1. The van der Waals surface area contributed by atoms with Crippen LogP contribution < -0.4 is 10.2 Å². The zero-order valence-corrected chi connectivity index (χ0v) is 39.8. The number of carbonyl (C=O) groups excluding carboxylic acids is 1. The summed E-state index contributed by atoms with van der Waals surface area (Å²) in [5.74, 6) is -0.173. The molecule has 0 saturated carbocycles. The van der Waals surface area contributed by atoms with Crippen LogP contribution in [0.3, 0.4) is 0 Å². The highest BCUT2D eigenvalue weighted by molar-refractivity contribution is 7.45. The van der Waals surface area contributed by atoms with E-state index in [1.807, 2.05) is 21.1 Å². The lowest BCUT2D eigenvalue weighted by Gasteiger charge is -2.30. The second kappa shape index (κ2) is 41.5. The average Bonchev–Trinajstić information content (AvgIpc) is 3.19. The zero-order valence-electron chi connectivity index (χ0n) is 38.9. The number of likely N-dealkylation sites (N-methyl/N-ethyl adjacent to an activating group) is 1. The summed E-state index contributed by atoms with van der Waals surface area (Å²) in [5, 5.41) is 13.8. The number of amides is 1. The first-order valence-corrected chi connectivity index (χ1v) is 25.6. The van der Waals surface area contributed by atoms with Gasteiger partial charge >= 0.3 is 0 Å². The van der Waals surface area contributed by atoms with Crippen molar-refractivity contribution in [2.45, 2.75) is 212 Å². The molecule has 0 aromatic rings. The Labute approximate surface area is 364 Å². The number of hydrogen-bond donors (Lipinski definition) is 2. The minimum absolute atomic E-state index is 0.0102. The van der Waals surface area contributed by atoms with E-state index in [1.54, 1.807) is 0 Å². The molecule has 0 aliphatic heterocycles. The number of aliphatic hydroxyl groups excluding tert-OH is 1. The molecule has 344 valence electrons. The maximum Gasteiger partial charge on any atom is 0.268 e. The highest BCUT2D eigenvalue weighted by Gasteiger charge is 2.24. The van der Waals surface area contributed by atoms with Crippen LogP contribution in [0.15, 0.2) is 60.8 Å². The standard InChI is InChI=1S/C50H93N2O6P/c1-6-8-10-12-14-15-16-17-18-19-20-21-22-23-24-25-26-27-28-29-30-31-32-33-34-35-36-37-38-40-42-44-50(54)51-48(49(53)43-41-39-13-11-9-7-2)47-58-59(55,56)57-46-45-52(3,4)5/h8,10,14-15,17-18,20-21,23-24,48-49,53H,6-7,9,11-13,16,19,22,25-47H2,1-5H3,(H-,51,54,55,56)/b10-8-,15-14-,18-17-,21-20-,24-23-. The molecule has 0 aliphatic carbocycles. The fraction of sp³-hybridized carbons (Fsp3) is 0.780. The zero-order chi connectivity index (χ0) is 43.6. The summed E-state index contributed by atoms with van der Waals surface area (Å²) in [6.07, 6.45) is 54.2. The van der Waals surface area contributed by atoms with Gasteiger partial charge in [-0.2, -0.15) is 0 Å². The summed E-state index contributed by atoms with van der Waals surface area (Å²) in [5.41, 5.74) is 0. The molecule has 0 spiro atoms. The lowest BCUT2D eigenvalue weighted by Crippen LogP contribution is -2.46. The molecule has 0 heterocycles. The van der Waals surface area contributed by atoms with Crippen molar-refractivity contribution < 1.29 is 32.9 Å². The van der Waals surface area contributed by atoms with Crippen LogP contribution in [0, 0.1) is 0 Å². The summed E-state index contributed by atoms with van der Waals surface area (Å²) in [4.78, 5) is 25.2. The second-order valence-corrected chi connectivity index (χ2v) is 18.8. The highest BCUT2D eigenvalue weighted by atomic mass is 31.2. The molecule has 0 radical (unpaired) electrons. The van der Waals surface area contributed by atoms with Gasteiger partial charge in [0.05, 0.1) is 39.9 Å². The Bertz CT molecular complexity index is 1140. The first-order chi connectivity index (χ1) is 28.5. The lowest BCUT2D eigenvalue weighted by molar-refractivity contribution is -0.870. The normalized spacial score (nSPS) is 14.8. The predicted molar refractivity (Wildman–Crippen MR) is 251 cm³/mol. The van der Waals surface area contributed by atoms with Crippen LogP contribution in [-0.2, 0) is 18.4 Å². The van der Waals surface area contributed by atoms with E-state index in [4.69, 9.17) is 9.05 Å². The summed E-state index contributed by atoms with van der Waals surface area (Å²) in [7, 11) is 1.30. The number of rotatable bonds is 43. The third-order valence-corrected chi connectivity index (χ3v) is 11.5. The number of unbranched alkanes of at least 4 members (excludes halogenated alkanes) is 20. The SMILES string of the molecule is CC/C=C\C/C=C\C/C=C\C/C=C\C/C=C\CCCCCCCCCCCCCCCCCC(=O)NC(COP(=O)([O-])OCC[N+](C)(C)C)C(O)CCCCCCCC. The fourth-order valence-electron chi connectivity index (χ4n) is 6.71. The van der Waals surface area contributed by atoms with Gasteiger partial charge in [-0.05, 0) is 57.8 Å². The lowest BCUT2D eigenvalue weighted by atomic mass is 10.0. The van der Waals surface area contributed by atoms with Gasteiger partial charge in [-0.3, -0.25) is 9.36 Å². The van der Waals surface area contributed by atoms with Crippen LogP contribution >= 0.6 is 7.82 Å². The van der Waals surface area contributed by atoms with E-state index in [1.165, 1.54) is 103 Å². The number of aliphatic hydroxyl groups is 1. The molecule has 0 aliphatic rings. The number of nitrogens with zero attached hydrogens (tertiary/aromatic N) is 1. The Morgan fingerprint density at radius 3 is 1.51 bits per heavy atom. The van der Waals surface area contributed by atoms with Gasteiger partial charge < -0.3 is 28.8 Å². The quantitative estimate of drug-likeness (QED) is 0.0274. The van der Waals surface area contributed by atoms with E-state index >= 15 is 0 Å². The monoisotopic (exact) mass is 849 g/mol. The van der Waals surface area contributed by atoms with Gasteiger partial charge in [0.2, 0.25) is 5.91 Å². The Morgan fingerprint density at radius 2 is 1.03 bits per heavy atom. The number of phosphoric ester groups is 1. The first-order valence-electron chi connectivity index (χ1n) is 24.1. The molecule has 3 unspecified atom stereocenters. The first kappa shape index (κ1) is 57.2. The van der Waals surface area contributed by atoms with Crippen LogP contribution in [0.4, 0.5) is 0 Å². The van der Waals surface area contributed by atoms with Gasteiger partial charge in [-0.1, -0.05) is 197 Å². The second-order valence-electron chi connectivity index (χ2n) is 17.4. The van der Waals surface area contributed by atoms with Crippen LogP contribution in [0.5, 0.6) is 0 Å². The van der Waals surface area contributed by atoms with Crippen molar-refractivity contribution in [3.8, 4) is 0 Å². The van der Waals surface area contributed by atoms with Gasteiger partial charge in [0.1, 0.15) is 13.2 Å². The summed E-state index contributed by atoms with van der Waals surface area (Å²) in [6.45, 7) is 4.53. The maximum absolute atomic E-state index is 12.8. The molecule has 0 saturated heterocycles. The molecule has 2 N–H and O–H groups in total. The summed E-state index contributed by atoms with van der Waals surface area (Å²) in [6, 6.07) is -0.798. The van der Waals surface area contributed by atoms with Gasteiger partial charge in [0.15, 0.2) is 0 Å². The van der Waals surface area contributed by atoms with Crippen molar-refractivity contribution in [3.05, 3.63) is 60.8 Å². The molecule has 1 amide bonds. The Morgan fingerprint density at radius 1 is 0.610 bits per heavy atom. The predicted octanol–water partition coefficient (Wildman–Crippen LogP) is 13.2. The molecule has 0 bridgehead atoms. The number of quaternary nitrogens is 1. The molecule has 8 nitrogen and oxygen atoms in total. The van der Waals surface area contributed by atoms with E-state index in [2.05, 4.69) is 79.9 Å². The minimum Gasteiger partial charge on any atom is -0.756 e. The molecular formula is C50H93N2O6P. The smallest absolute Gasteiger partial charge is 0.268 e. The third kappa shape index (κ3) is 44.1. The average molecular weight is 849 g/mol. The molecular weight excluding hydrogens is 756 g/mol. The molecule has 0 fully saturated rings. The van der Waals surface area contributed by atoms with Crippen LogP contribution in [0.2, 0.25) is 0 Å². The molecule has 9 heteroatoms. The highest BCUT2D eigenvalue weighted by Crippen LogP contribution is 2.38. The van der Waals surface area contributed by atoms with Crippen LogP contribution in [0.1, 0.15) is 200 Å². The third-order valence-electron chi connectivity index (χ3n) is 10.5. The Hall–Kier alpha value is -1.80. The van der Waals surface area contributed by atoms with Crippen molar-refractivity contribution in [2.75, 3.05) is 40.9 Å². The van der Waals surface area contributed by atoms with Crippen molar-refractivity contribution in [1.82, 2.24) is 5.32 Å². The van der Waals surface area contributed by atoms with Crippen molar-refractivity contribution in [1.29, 1.82) is 0 Å². The van der Waals surface area contributed by atoms with Crippen LogP contribution in [-0.4, -0.2) is 68.5 Å². The minimum atomic E-state index is -4.55. The number of hydrogen-bond acceptors (Lipinski definition) is 6.